The van der Waals surface area contributed by atoms with Crippen molar-refractivity contribution in [2.24, 2.45) is 17.1 Å². The average molecular weight is 340 g/mol. The van der Waals surface area contributed by atoms with Crippen molar-refractivity contribution in [2.45, 2.75) is 39.5 Å². The molecule has 1 aliphatic carbocycles. The predicted molar refractivity (Wildman–Crippen MR) is 95.7 cm³/mol. The van der Waals surface area contributed by atoms with Crippen molar-refractivity contribution in [3.8, 4) is 0 Å². The third-order valence-corrected chi connectivity index (χ3v) is 4.56. The van der Waals surface area contributed by atoms with Crippen molar-refractivity contribution in [3.63, 3.8) is 0 Å². The maximum Gasteiger partial charge on any atom is 0.231 e. The molecule has 4 N–H and O–H groups in total. The van der Waals surface area contributed by atoms with Gasteiger partial charge in [-0.1, -0.05) is 19.9 Å². The molecule has 0 heterocycles. The molecule has 0 atom stereocenters. The van der Waals surface area contributed by atoms with Gasteiger partial charge in [-0.3, -0.25) is 9.59 Å². The molecule has 1 saturated carbocycles. The Bertz CT molecular complexity index is 546. The zero-order valence-electron chi connectivity index (χ0n) is 13.7. The number of carbonyl (C=O) groups is 2. The molecule has 2 rings (SSSR count). The third-order valence-electron chi connectivity index (χ3n) is 4.56. The lowest BCUT2D eigenvalue weighted by atomic mass is 9.81. The van der Waals surface area contributed by atoms with Gasteiger partial charge < -0.3 is 16.4 Å². The fourth-order valence-electron chi connectivity index (χ4n) is 2.48. The van der Waals surface area contributed by atoms with Crippen LogP contribution in [0, 0.1) is 11.3 Å². The summed E-state index contributed by atoms with van der Waals surface area (Å²) in [6, 6.07) is 7.24. The number of carbonyl (C=O) groups excluding carboxylic acids is 2. The van der Waals surface area contributed by atoms with Crippen molar-refractivity contribution in [1.29, 1.82) is 0 Å². The van der Waals surface area contributed by atoms with Gasteiger partial charge in [0.15, 0.2) is 0 Å². The molecule has 1 aromatic carbocycles. The van der Waals surface area contributed by atoms with E-state index in [1.54, 1.807) is 6.07 Å². The second-order valence-corrected chi connectivity index (χ2v) is 5.99. The SMILES string of the molecule is CCC(CC)(CN)C(=O)Nc1cccc(NC(=O)C2CC2)c1.Cl. The van der Waals surface area contributed by atoms with Crippen molar-refractivity contribution in [1.82, 2.24) is 0 Å². The molecule has 1 aromatic rings. The second-order valence-electron chi connectivity index (χ2n) is 5.99. The third kappa shape index (κ3) is 4.69. The Balaban J connectivity index is 0.00000264. The lowest BCUT2D eigenvalue weighted by molar-refractivity contribution is -0.125. The van der Waals surface area contributed by atoms with Gasteiger partial charge in [-0.05, 0) is 43.9 Å². The lowest BCUT2D eigenvalue weighted by Gasteiger charge is -2.28. The summed E-state index contributed by atoms with van der Waals surface area (Å²) in [5.41, 5.74) is 6.66. The largest absolute Gasteiger partial charge is 0.329 e. The molecule has 1 aliphatic rings. The molecule has 5 nitrogen and oxygen atoms in total. The van der Waals surface area contributed by atoms with Gasteiger partial charge in [0.05, 0.1) is 5.41 Å². The number of nitrogens with one attached hydrogen (secondary N) is 2. The molecule has 23 heavy (non-hydrogen) atoms. The highest BCUT2D eigenvalue weighted by atomic mass is 35.5. The second kappa shape index (κ2) is 8.31. The summed E-state index contributed by atoms with van der Waals surface area (Å²) < 4.78 is 0. The first kappa shape index (κ1) is 19.5. The quantitative estimate of drug-likeness (QED) is 0.713. The van der Waals surface area contributed by atoms with Crippen LogP contribution in [0.4, 0.5) is 11.4 Å². The molecule has 128 valence electrons. The normalized spacial score (nSPS) is 13.9. The Labute approximate surface area is 143 Å². The number of halogens is 1. The van der Waals surface area contributed by atoms with Gasteiger partial charge in [0, 0.05) is 23.8 Å². The zero-order valence-corrected chi connectivity index (χ0v) is 14.5. The van der Waals surface area contributed by atoms with Gasteiger partial charge >= 0.3 is 0 Å². The number of rotatable bonds is 7. The molecule has 0 aliphatic heterocycles. The highest BCUT2D eigenvalue weighted by molar-refractivity contribution is 5.97. The molecular formula is C17H26ClN3O2. The van der Waals surface area contributed by atoms with Gasteiger partial charge in [-0.15, -0.1) is 12.4 Å². The molecule has 0 bridgehead atoms. The van der Waals surface area contributed by atoms with Crippen molar-refractivity contribution in [2.75, 3.05) is 17.2 Å². The Morgan fingerprint density at radius 3 is 2.22 bits per heavy atom. The van der Waals surface area contributed by atoms with Gasteiger partial charge in [0.25, 0.3) is 0 Å². The minimum absolute atomic E-state index is 0. The van der Waals surface area contributed by atoms with E-state index in [-0.39, 0.29) is 30.1 Å². The molecule has 0 unspecified atom stereocenters. The van der Waals surface area contributed by atoms with Gasteiger partial charge in [-0.2, -0.15) is 0 Å². The number of hydrogen-bond donors (Lipinski definition) is 3. The van der Waals surface area contributed by atoms with E-state index >= 15 is 0 Å². The van der Waals surface area contributed by atoms with Crippen molar-refractivity contribution < 1.29 is 9.59 Å². The van der Waals surface area contributed by atoms with E-state index in [1.165, 1.54) is 0 Å². The Morgan fingerprint density at radius 1 is 1.17 bits per heavy atom. The van der Waals surface area contributed by atoms with E-state index in [0.29, 0.717) is 30.8 Å². The monoisotopic (exact) mass is 339 g/mol. The number of anilines is 2. The van der Waals surface area contributed by atoms with Crippen LogP contribution in [-0.4, -0.2) is 18.4 Å². The van der Waals surface area contributed by atoms with Crippen LogP contribution in [0.1, 0.15) is 39.5 Å². The first-order chi connectivity index (χ1) is 10.5. The Morgan fingerprint density at radius 2 is 1.74 bits per heavy atom. The van der Waals surface area contributed by atoms with Crippen LogP contribution < -0.4 is 16.4 Å². The minimum atomic E-state index is -0.534. The standard InChI is InChI=1S/C17H25N3O2.ClH/c1-3-17(4-2,11-18)16(22)20-14-7-5-6-13(10-14)19-15(21)12-8-9-12;/h5-7,10,12H,3-4,8-9,11,18H2,1-2H3,(H,19,21)(H,20,22);1H. The van der Waals surface area contributed by atoms with E-state index in [4.69, 9.17) is 5.73 Å². The first-order valence-electron chi connectivity index (χ1n) is 7.97. The average Bonchev–Trinajstić information content (AvgIpc) is 3.35. The highest BCUT2D eigenvalue weighted by Crippen LogP contribution is 2.31. The van der Waals surface area contributed by atoms with E-state index < -0.39 is 5.41 Å². The van der Waals surface area contributed by atoms with Gasteiger partial charge in [-0.25, -0.2) is 0 Å². The van der Waals surface area contributed by atoms with Gasteiger partial charge in [0.2, 0.25) is 11.8 Å². The first-order valence-corrected chi connectivity index (χ1v) is 7.97. The van der Waals surface area contributed by atoms with E-state index in [2.05, 4.69) is 10.6 Å². The summed E-state index contributed by atoms with van der Waals surface area (Å²) in [5, 5.41) is 5.81. The zero-order chi connectivity index (χ0) is 16.2. The summed E-state index contributed by atoms with van der Waals surface area (Å²) in [6.07, 6.45) is 3.33. The summed E-state index contributed by atoms with van der Waals surface area (Å²) >= 11 is 0. The number of amides is 2. The summed E-state index contributed by atoms with van der Waals surface area (Å²) in [6.45, 7) is 4.27. The molecule has 1 fully saturated rings. The topological polar surface area (TPSA) is 84.2 Å². The number of benzene rings is 1. The Kier molecular flexibility index (Phi) is 7.03. The summed E-state index contributed by atoms with van der Waals surface area (Å²) in [5.74, 6) is 0.149. The van der Waals surface area contributed by atoms with Crippen LogP contribution >= 0.6 is 12.4 Å². The summed E-state index contributed by atoms with van der Waals surface area (Å²) in [7, 11) is 0. The predicted octanol–water partition coefficient (Wildman–Crippen LogP) is 3.16. The smallest absolute Gasteiger partial charge is 0.231 e. The van der Waals surface area contributed by atoms with Crippen LogP contribution in [0.25, 0.3) is 0 Å². The minimum Gasteiger partial charge on any atom is -0.329 e. The molecule has 0 aromatic heterocycles. The van der Waals surface area contributed by atoms with Crippen molar-refractivity contribution >= 4 is 35.6 Å². The van der Waals surface area contributed by atoms with Crippen LogP contribution in [0.2, 0.25) is 0 Å². The maximum atomic E-state index is 12.5. The van der Waals surface area contributed by atoms with E-state index in [1.807, 2.05) is 32.0 Å². The van der Waals surface area contributed by atoms with Crippen LogP contribution in [0.5, 0.6) is 0 Å². The van der Waals surface area contributed by atoms with Crippen LogP contribution in [0.15, 0.2) is 24.3 Å². The molecule has 0 radical (unpaired) electrons. The van der Waals surface area contributed by atoms with Crippen LogP contribution in [0.3, 0.4) is 0 Å². The number of nitrogens with two attached hydrogens (primary N) is 1. The molecule has 0 saturated heterocycles. The fraction of sp³-hybridized carbons (Fsp3) is 0.529. The molecule has 0 spiro atoms. The number of hydrogen-bond acceptors (Lipinski definition) is 3. The highest BCUT2D eigenvalue weighted by Gasteiger charge is 2.33. The van der Waals surface area contributed by atoms with Gasteiger partial charge in [0.1, 0.15) is 0 Å². The maximum absolute atomic E-state index is 12.5. The molecule has 6 heteroatoms. The summed E-state index contributed by atoms with van der Waals surface area (Å²) in [4.78, 5) is 24.3. The fourth-order valence-corrected chi connectivity index (χ4v) is 2.48. The van der Waals surface area contributed by atoms with Crippen molar-refractivity contribution in [3.05, 3.63) is 24.3 Å². The molecule has 2 amide bonds. The molecular weight excluding hydrogens is 314 g/mol. The van der Waals surface area contributed by atoms with E-state index in [9.17, 15) is 9.59 Å². The Hall–Kier alpha value is -1.59. The van der Waals surface area contributed by atoms with Crippen LogP contribution in [-0.2, 0) is 9.59 Å². The van der Waals surface area contributed by atoms with E-state index in [0.717, 1.165) is 12.8 Å². The lowest BCUT2D eigenvalue weighted by Crippen LogP contribution is -2.41.